The van der Waals surface area contributed by atoms with Crippen molar-refractivity contribution in [3.63, 3.8) is 0 Å². The topological polar surface area (TPSA) is 86.7 Å². The molecule has 1 fully saturated rings. The highest BCUT2D eigenvalue weighted by Gasteiger charge is 2.31. The summed E-state index contributed by atoms with van der Waals surface area (Å²) in [6.45, 7) is 2.45. The third-order valence-corrected chi connectivity index (χ3v) is 4.82. The van der Waals surface area contributed by atoms with Gasteiger partial charge in [0.25, 0.3) is 0 Å². The van der Waals surface area contributed by atoms with Gasteiger partial charge in [0.15, 0.2) is 0 Å². The van der Waals surface area contributed by atoms with Crippen LogP contribution in [0.4, 0.5) is 5.69 Å². The Morgan fingerprint density at radius 1 is 1.21 bits per heavy atom. The third kappa shape index (κ3) is 5.26. The average Bonchev–Trinajstić information content (AvgIpc) is 2.56. The van der Waals surface area contributed by atoms with Gasteiger partial charge in [0.1, 0.15) is 6.04 Å². The van der Waals surface area contributed by atoms with Crippen LogP contribution < -0.4 is 5.32 Å². The third-order valence-electron chi connectivity index (χ3n) is 3.90. The molecule has 2 N–H and O–H groups in total. The van der Waals surface area contributed by atoms with Crippen molar-refractivity contribution in [1.82, 2.24) is 4.90 Å². The number of anilines is 1. The van der Waals surface area contributed by atoms with Gasteiger partial charge in [-0.15, -0.1) is 11.8 Å². The minimum Gasteiger partial charge on any atom is -0.480 e. The summed E-state index contributed by atoms with van der Waals surface area (Å²) in [5.74, 6) is -1.07. The Labute approximate surface area is 145 Å². The zero-order valence-electron chi connectivity index (χ0n) is 13.7. The number of aryl methyl sites for hydroxylation is 1. The number of hydrogen-bond acceptors (Lipinski definition) is 4. The highest BCUT2D eigenvalue weighted by molar-refractivity contribution is 8.00. The van der Waals surface area contributed by atoms with Crippen molar-refractivity contribution in [2.45, 2.75) is 32.2 Å². The van der Waals surface area contributed by atoms with E-state index in [1.54, 1.807) is 0 Å². The fraction of sp³-hybridized carbons (Fsp3) is 0.471. The smallest absolute Gasteiger partial charge is 0.326 e. The Morgan fingerprint density at radius 3 is 2.58 bits per heavy atom. The summed E-state index contributed by atoms with van der Waals surface area (Å²) in [4.78, 5) is 36.7. The molecule has 0 spiro atoms. The van der Waals surface area contributed by atoms with E-state index in [1.807, 2.05) is 31.2 Å². The highest BCUT2D eigenvalue weighted by Crippen LogP contribution is 2.19. The molecule has 0 radical (unpaired) electrons. The van der Waals surface area contributed by atoms with E-state index in [0.717, 1.165) is 24.1 Å². The fourth-order valence-corrected chi connectivity index (χ4v) is 3.33. The number of nitrogens with one attached hydrogen (secondary N) is 1. The standard InChI is InChI=1S/C17H22N2O4S/c1-12-5-7-13(8-6-12)18-15(20)10-24-11-16(21)19-9-3-2-4-14(19)17(22)23/h5-8,14H,2-4,9-11H2,1H3,(H,18,20)(H,22,23). The minimum atomic E-state index is -0.954. The maximum absolute atomic E-state index is 12.2. The van der Waals surface area contributed by atoms with Crippen molar-refractivity contribution < 1.29 is 19.5 Å². The molecule has 1 aromatic carbocycles. The first kappa shape index (κ1) is 18.3. The summed E-state index contributed by atoms with van der Waals surface area (Å²) in [6, 6.07) is 6.75. The van der Waals surface area contributed by atoms with Gasteiger partial charge >= 0.3 is 5.97 Å². The molecule has 0 saturated carbocycles. The molecule has 7 heteroatoms. The Morgan fingerprint density at radius 2 is 1.92 bits per heavy atom. The Balaban J connectivity index is 1.76. The quantitative estimate of drug-likeness (QED) is 0.821. The van der Waals surface area contributed by atoms with Crippen LogP contribution in [-0.4, -0.2) is 51.9 Å². The number of likely N-dealkylation sites (tertiary alicyclic amines) is 1. The summed E-state index contributed by atoms with van der Waals surface area (Å²) in [7, 11) is 0. The highest BCUT2D eigenvalue weighted by atomic mass is 32.2. The lowest BCUT2D eigenvalue weighted by atomic mass is 10.0. The number of thioether (sulfide) groups is 1. The molecule has 1 aliphatic rings. The molecule has 1 aromatic rings. The average molecular weight is 350 g/mol. The number of rotatable bonds is 6. The van der Waals surface area contributed by atoms with Gasteiger partial charge < -0.3 is 15.3 Å². The normalized spacial score (nSPS) is 17.4. The molecule has 2 rings (SSSR count). The molecule has 24 heavy (non-hydrogen) atoms. The number of benzene rings is 1. The van der Waals surface area contributed by atoms with E-state index in [1.165, 1.54) is 16.7 Å². The first-order chi connectivity index (χ1) is 11.5. The molecule has 0 aliphatic carbocycles. The van der Waals surface area contributed by atoms with Crippen LogP contribution in [0.1, 0.15) is 24.8 Å². The monoisotopic (exact) mass is 350 g/mol. The zero-order chi connectivity index (χ0) is 17.5. The lowest BCUT2D eigenvalue weighted by molar-refractivity contribution is -0.150. The maximum Gasteiger partial charge on any atom is 0.326 e. The van der Waals surface area contributed by atoms with Gasteiger partial charge in [-0.2, -0.15) is 0 Å². The summed E-state index contributed by atoms with van der Waals surface area (Å²) in [5, 5.41) is 12.0. The van der Waals surface area contributed by atoms with Gasteiger partial charge in [0.05, 0.1) is 11.5 Å². The van der Waals surface area contributed by atoms with Crippen LogP contribution in [0.2, 0.25) is 0 Å². The van der Waals surface area contributed by atoms with Crippen LogP contribution >= 0.6 is 11.8 Å². The summed E-state index contributed by atoms with van der Waals surface area (Å²) in [6.07, 6.45) is 2.15. The molecule has 2 amide bonds. The number of nitrogens with zero attached hydrogens (tertiary/aromatic N) is 1. The van der Waals surface area contributed by atoms with Crippen molar-refractivity contribution in [2.75, 3.05) is 23.4 Å². The lowest BCUT2D eigenvalue weighted by Crippen LogP contribution is -2.48. The summed E-state index contributed by atoms with van der Waals surface area (Å²) < 4.78 is 0. The van der Waals surface area contributed by atoms with Crippen molar-refractivity contribution in [2.24, 2.45) is 0 Å². The number of carboxylic acids is 1. The maximum atomic E-state index is 12.2. The van der Waals surface area contributed by atoms with Crippen molar-refractivity contribution in [3.8, 4) is 0 Å². The second-order valence-corrected chi connectivity index (χ2v) is 6.83. The number of carboxylic acid groups (broad SMARTS) is 1. The number of carbonyl (C=O) groups excluding carboxylic acids is 2. The molecule has 0 bridgehead atoms. The van der Waals surface area contributed by atoms with Gasteiger partial charge in [-0.05, 0) is 38.3 Å². The predicted molar refractivity (Wildman–Crippen MR) is 94.1 cm³/mol. The van der Waals surface area contributed by atoms with E-state index >= 15 is 0 Å². The molecular weight excluding hydrogens is 328 g/mol. The van der Waals surface area contributed by atoms with Gasteiger partial charge in [-0.25, -0.2) is 4.79 Å². The molecule has 1 unspecified atom stereocenters. The molecule has 0 aromatic heterocycles. The number of amides is 2. The van der Waals surface area contributed by atoms with E-state index in [0.29, 0.717) is 13.0 Å². The van der Waals surface area contributed by atoms with Crippen LogP contribution in [0.15, 0.2) is 24.3 Å². The van der Waals surface area contributed by atoms with Crippen LogP contribution in [0, 0.1) is 6.92 Å². The number of hydrogen-bond donors (Lipinski definition) is 2. The van der Waals surface area contributed by atoms with E-state index < -0.39 is 12.0 Å². The molecule has 1 aliphatic heterocycles. The first-order valence-corrected chi connectivity index (χ1v) is 9.09. The van der Waals surface area contributed by atoms with Crippen LogP contribution in [0.5, 0.6) is 0 Å². The first-order valence-electron chi connectivity index (χ1n) is 7.94. The second kappa shape index (κ2) is 8.73. The largest absolute Gasteiger partial charge is 0.480 e. The zero-order valence-corrected chi connectivity index (χ0v) is 14.5. The SMILES string of the molecule is Cc1ccc(NC(=O)CSCC(=O)N2CCCCC2C(=O)O)cc1. The molecule has 1 heterocycles. The second-order valence-electron chi connectivity index (χ2n) is 5.84. The summed E-state index contributed by atoms with van der Waals surface area (Å²) in [5.41, 5.74) is 1.84. The number of piperidine rings is 1. The molecular formula is C17H22N2O4S. The van der Waals surface area contributed by atoms with Crippen LogP contribution in [-0.2, 0) is 14.4 Å². The molecule has 130 valence electrons. The fourth-order valence-electron chi connectivity index (χ4n) is 2.63. The van der Waals surface area contributed by atoms with Crippen LogP contribution in [0.25, 0.3) is 0 Å². The van der Waals surface area contributed by atoms with E-state index in [-0.39, 0.29) is 23.3 Å². The number of carbonyl (C=O) groups is 3. The Bertz CT molecular complexity index is 603. The minimum absolute atomic E-state index is 0.116. The predicted octanol–water partition coefficient (Wildman–Crippen LogP) is 2.13. The van der Waals surface area contributed by atoms with Crippen molar-refractivity contribution >= 4 is 35.2 Å². The van der Waals surface area contributed by atoms with E-state index in [9.17, 15) is 19.5 Å². The lowest BCUT2D eigenvalue weighted by Gasteiger charge is -2.32. The Kier molecular flexibility index (Phi) is 6.66. The molecule has 1 atom stereocenters. The van der Waals surface area contributed by atoms with Gasteiger partial charge in [-0.1, -0.05) is 17.7 Å². The van der Waals surface area contributed by atoms with E-state index in [4.69, 9.17) is 0 Å². The Hall–Kier alpha value is -2.02. The van der Waals surface area contributed by atoms with Crippen LogP contribution in [0.3, 0.4) is 0 Å². The van der Waals surface area contributed by atoms with Gasteiger partial charge in [-0.3, -0.25) is 9.59 Å². The molecule has 1 saturated heterocycles. The number of aliphatic carboxylic acids is 1. The van der Waals surface area contributed by atoms with Gasteiger partial charge in [0.2, 0.25) is 11.8 Å². The molecule has 6 nitrogen and oxygen atoms in total. The van der Waals surface area contributed by atoms with Crippen molar-refractivity contribution in [1.29, 1.82) is 0 Å². The van der Waals surface area contributed by atoms with Crippen molar-refractivity contribution in [3.05, 3.63) is 29.8 Å². The summed E-state index contributed by atoms with van der Waals surface area (Å²) >= 11 is 1.20. The van der Waals surface area contributed by atoms with Gasteiger partial charge in [0, 0.05) is 12.2 Å². The van der Waals surface area contributed by atoms with E-state index in [2.05, 4.69) is 5.32 Å².